The van der Waals surface area contributed by atoms with E-state index in [1.165, 1.54) is 0 Å². The first kappa shape index (κ1) is 12.4. The number of hydrogen-bond acceptors (Lipinski definition) is 4. The standard InChI is InChI=1S/C11H9Cl2N5O/c12-7-1-2-8(13)15-10(7)11(19)17-3-4-18-6-14-16-9(18)5-17/h1-2,6H,3-5H2. The Morgan fingerprint density at radius 3 is 2.95 bits per heavy atom. The fraction of sp³-hybridized carbons (Fsp3) is 0.273. The minimum atomic E-state index is -0.248. The molecule has 3 rings (SSSR count). The monoisotopic (exact) mass is 297 g/mol. The average molecular weight is 298 g/mol. The number of amides is 1. The van der Waals surface area contributed by atoms with Crippen LogP contribution in [0.25, 0.3) is 0 Å². The Kier molecular flexibility index (Phi) is 3.12. The van der Waals surface area contributed by atoms with Crippen LogP contribution in [-0.2, 0) is 13.1 Å². The van der Waals surface area contributed by atoms with Crippen molar-refractivity contribution in [3.63, 3.8) is 0 Å². The van der Waals surface area contributed by atoms with Gasteiger partial charge in [0.05, 0.1) is 11.6 Å². The third-order valence-corrected chi connectivity index (χ3v) is 3.46. The molecule has 0 radical (unpaired) electrons. The summed E-state index contributed by atoms with van der Waals surface area (Å²) in [6.45, 7) is 1.62. The molecular formula is C11H9Cl2N5O. The number of pyridine rings is 1. The van der Waals surface area contributed by atoms with Gasteiger partial charge in [-0.2, -0.15) is 0 Å². The van der Waals surface area contributed by atoms with Crippen LogP contribution < -0.4 is 0 Å². The number of nitrogens with zero attached hydrogens (tertiary/aromatic N) is 5. The number of hydrogen-bond donors (Lipinski definition) is 0. The first-order valence-electron chi connectivity index (χ1n) is 5.63. The molecule has 8 heteroatoms. The van der Waals surface area contributed by atoms with E-state index in [2.05, 4.69) is 15.2 Å². The molecule has 0 saturated heterocycles. The van der Waals surface area contributed by atoms with Gasteiger partial charge in [0.1, 0.15) is 17.2 Å². The summed E-state index contributed by atoms with van der Waals surface area (Å²) in [5.74, 6) is 0.500. The van der Waals surface area contributed by atoms with Gasteiger partial charge in [-0.3, -0.25) is 4.79 Å². The van der Waals surface area contributed by atoms with Crippen molar-refractivity contribution in [2.45, 2.75) is 13.1 Å². The smallest absolute Gasteiger partial charge is 0.274 e. The molecule has 0 fully saturated rings. The summed E-state index contributed by atoms with van der Waals surface area (Å²) in [6, 6.07) is 3.12. The molecular weight excluding hydrogens is 289 g/mol. The number of aromatic nitrogens is 4. The Morgan fingerprint density at radius 1 is 1.26 bits per heavy atom. The summed E-state index contributed by atoms with van der Waals surface area (Å²) in [5, 5.41) is 8.31. The van der Waals surface area contributed by atoms with Crippen molar-refractivity contribution in [2.75, 3.05) is 6.54 Å². The van der Waals surface area contributed by atoms with Gasteiger partial charge in [-0.05, 0) is 12.1 Å². The molecule has 3 heterocycles. The number of carbonyl (C=O) groups excluding carboxylic acids is 1. The Labute approximate surface area is 119 Å². The molecule has 0 atom stereocenters. The van der Waals surface area contributed by atoms with Crippen LogP contribution in [-0.4, -0.2) is 37.1 Å². The quantitative estimate of drug-likeness (QED) is 0.751. The van der Waals surface area contributed by atoms with Crippen LogP contribution in [0.2, 0.25) is 10.2 Å². The van der Waals surface area contributed by atoms with Crippen molar-refractivity contribution in [3.05, 3.63) is 40.2 Å². The molecule has 0 unspecified atom stereocenters. The van der Waals surface area contributed by atoms with Crippen LogP contribution in [0.15, 0.2) is 18.5 Å². The normalized spacial score (nSPS) is 14.3. The zero-order chi connectivity index (χ0) is 13.4. The van der Waals surface area contributed by atoms with E-state index in [-0.39, 0.29) is 16.8 Å². The van der Waals surface area contributed by atoms with Crippen molar-refractivity contribution < 1.29 is 4.79 Å². The van der Waals surface area contributed by atoms with E-state index >= 15 is 0 Å². The maximum Gasteiger partial charge on any atom is 0.274 e. The highest BCUT2D eigenvalue weighted by atomic mass is 35.5. The van der Waals surface area contributed by atoms with Gasteiger partial charge in [-0.15, -0.1) is 10.2 Å². The van der Waals surface area contributed by atoms with E-state index in [0.717, 1.165) is 5.82 Å². The van der Waals surface area contributed by atoms with Crippen molar-refractivity contribution in [1.29, 1.82) is 0 Å². The van der Waals surface area contributed by atoms with Crippen molar-refractivity contribution in [2.24, 2.45) is 0 Å². The van der Waals surface area contributed by atoms with Gasteiger partial charge in [0.2, 0.25) is 0 Å². The summed E-state index contributed by atoms with van der Waals surface area (Å²) in [7, 11) is 0. The number of fused-ring (bicyclic) bond motifs is 1. The fourth-order valence-electron chi connectivity index (χ4n) is 1.96. The molecule has 1 aliphatic rings. The molecule has 0 aromatic carbocycles. The summed E-state index contributed by atoms with van der Waals surface area (Å²) in [5.41, 5.74) is 0.169. The van der Waals surface area contributed by atoms with Crippen molar-refractivity contribution in [1.82, 2.24) is 24.6 Å². The molecule has 98 valence electrons. The summed E-state index contributed by atoms with van der Waals surface area (Å²) in [6.07, 6.45) is 1.65. The van der Waals surface area contributed by atoms with E-state index in [1.54, 1.807) is 23.4 Å². The van der Waals surface area contributed by atoms with Crippen LogP contribution in [0.5, 0.6) is 0 Å². The molecule has 2 aromatic heterocycles. The van der Waals surface area contributed by atoms with Crippen LogP contribution in [0.1, 0.15) is 16.3 Å². The Hall–Kier alpha value is -1.66. The second-order valence-corrected chi connectivity index (χ2v) is 4.93. The van der Waals surface area contributed by atoms with E-state index in [0.29, 0.717) is 24.7 Å². The molecule has 0 spiro atoms. The van der Waals surface area contributed by atoms with Gasteiger partial charge in [0.15, 0.2) is 5.82 Å². The first-order chi connectivity index (χ1) is 9.15. The molecule has 1 amide bonds. The predicted molar refractivity (Wildman–Crippen MR) is 69.0 cm³/mol. The molecule has 0 saturated carbocycles. The first-order valence-corrected chi connectivity index (χ1v) is 6.39. The maximum absolute atomic E-state index is 12.4. The van der Waals surface area contributed by atoms with Gasteiger partial charge in [0, 0.05) is 13.1 Å². The lowest BCUT2D eigenvalue weighted by molar-refractivity contribution is 0.0701. The lowest BCUT2D eigenvalue weighted by atomic mass is 10.2. The predicted octanol–water partition coefficient (Wildman–Crippen LogP) is 1.64. The number of rotatable bonds is 1. The Morgan fingerprint density at radius 2 is 2.11 bits per heavy atom. The number of carbonyl (C=O) groups is 1. The van der Waals surface area contributed by atoms with Gasteiger partial charge in [-0.1, -0.05) is 23.2 Å². The largest absolute Gasteiger partial charge is 0.328 e. The highest BCUT2D eigenvalue weighted by Gasteiger charge is 2.25. The number of halogens is 2. The van der Waals surface area contributed by atoms with Crippen molar-refractivity contribution in [3.8, 4) is 0 Å². The van der Waals surface area contributed by atoms with Crippen LogP contribution >= 0.6 is 23.2 Å². The zero-order valence-corrected chi connectivity index (χ0v) is 11.3. The molecule has 1 aliphatic heterocycles. The molecule has 2 aromatic rings. The third-order valence-electron chi connectivity index (χ3n) is 2.94. The maximum atomic E-state index is 12.4. The molecule has 0 bridgehead atoms. The molecule has 19 heavy (non-hydrogen) atoms. The third kappa shape index (κ3) is 2.29. The van der Waals surface area contributed by atoms with Crippen molar-refractivity contribution >= 4 is 29.1 Å². The van der Waals surface area contributed by atoms with Crippen LogP contribution in [0.3, 0.4) is 0 Å². The summed E-state index contributed by atoms with van der Waals surface area (Å²) in [4.78, 5) is 18.0. The fourth-order valence-corrected chi connectivity index (χ4v) is 2.29. The summed E-state index contributed by atoms with van der Waals surface area (Å²) >= 11 is 11.8. The highest BCUT2D eigenvalue weighted by molar-refractivity contribution is 6.34. The topological polar surface area (TPSA) is 63.9 Å². The van der Waals surface area contributed by atoms with E-state index in [4.69, 9.17) is 23.2 Å². The molecule has 0 N–H and O–H groups in total. The highest BCUT2D eigenvalue weighted by Crippen LogP contribution is 2.20. The van der Waals surface area contributed by atoms with Gasteiger partial charge in [-0.25, -0.2) is 4.98 Å². The molecule has 6 nitrogen and oxygen atoms in total. The Bertz CT molecular complexity index is 642. The zero-order valence-electron chi connectivity index (χ0n) is 9.75. The minimum absolute atomic E-state index is 0.169. The van der Waals surface area contributed by atoms with Gasteiger partial charge in [0.25, 0.3) is 5.91 Å². The van der Waals surface area contributed by atoms with E-state index in [9.17, 15) is 4.79 Å². The summed E-state index contributed by atoms with van der Waals surface area (Å²) < 4.78 is 1.91. The van der Waals surface area contributed by atoms with Crippen LogP contribution in [0.4, 0.5) is 0 Å². The second kappa shape index (κ2) is 4.79. The Balaban J connectivity index is 1.87. The van der Waals surface area contributed by atoms with Crippen LogP contribution in [0, 0.1) is 0 Å². The van der Waals surface area contributed by atoms with Gasteiger partial charge < -0.3 is 9.47 Å². The SMILES string of the molecule is O=C(c1nc(Cl)ccc1Cl)N1CCn2cnnc2C1. The second-order valence-electron chi connectivity index (χ2n) is 4.13. The molecule has 0 aliphatic carbocycles. The average Bonchev–Trinajstić information content (AvgIpc) is 2.88. The van der Waals surface area contributed by atoms with E-state index in [1.807, 2.05) is 4.57 Å². The van der Waals surface area contributed by atoms with Gasteiger partial charge >= 0.3 is 0 Å². The lowest BCUT2D eigenvalue weighted by Gasteiger charge is -2.26. The van der Waals surface area contributed by atoms with E-state index < -0.39 is 0 Å². The minimum Gasteiger partial charge on any atom is -0.328 e. The lowest BCUT2D eigenvalue weighted by Crippen LogP contribution is -2.38.